The molecule has 0 aromatic carbocycles. The number of allylic oxidation sites excluding steroid dienone is 1. The number of ether oxygens (including phenoxy) is 2. The van der Waals surface area contributed by atoms with Gasteiger partial charge in [-0.25, -0.2) is 0 Å². The van der Waals surface area contributed by atoms with E-state index in [1.54, 1.807) is 13.0 Å². The van der Waals surface area contributed by atoms with E-state index in [0.717, 1.165) is 0 Å². The van der Waals surface area contributed by atoms with Crippen molar-refractivity contribution >= 4 is 11.9 Å². The van der Waals surface area contributed by atoms with Gasteiger partial charge in [0.05, 0.1) is 17.4 Å². The molecular weight excluding hydrogens is 300 g/mol. The average molecular weight is 322 g/mol. The Bertz CT molecular complexity index is 606. The maximum atomic E-state index is 12.1. The molecule has 0 amide bonds. The molecule has 0 bridgehead atoms. The molecule has 3 rings (SSSR count). The molecule has 1 saturated carbocycles. The zero-order chi connectivity index (χ0) is 17.2. The van der Waals surface area contributed by atoms with Crippen molar-refractivity contribution in [3.63, 3.8) is 0 Å². The number of rotatable bonds is 1. The lowest BCUT2D eigenvalue weighted by Gasteiger charge is -2.41. The Morgan fingerprint density at radius 2 is 2.13 bits per heavy atom. The van der Waals surface area contributed by atoms with Crippen LogP contribution in [0.2, 0.25) is 0 Å². The first kappa shape index (κ1) is 16.2. The maximum absolute atomic E-state index is 12.1. The molecule has 1 saturated heterocycles. The van der Waals surface area contributed by atoms with Gasteiger partial charge in [-0.3, -0.25) is 9.59 Å². The Hall–Kier alpha value is -1.66. The van der Waals surface area contributed by atoms with Gasteiger partial charge in [0.25, 0.3) is 0 Å². The number of hydrogen-bond acceptors (Lipinski definition) is 6. The molecule has 1 heterocycles. The molecule has 2 N–H and O–H groups in total. The Balaban J connectivity index is 2.12. The smallest absolute Gasteiger partial charge is 0.309 e. The second-order valence-corrected chi connectivity index (χ2v) is 7.10. The van der Waals surface area contributed by atoms with E-state index in [4.69, 9.17) is 9.47 Å². The Morgan fingerprint density at radius 1 is 1.48 bits per heavy atom. The minimum absolute atomic E-state index is 0.0132. The molecule has 0 aromatic rings. The number of carbonyl (C=O) groups is 2. The van der Waals surface area contributed by atoms with Gasteiger partial charge in [-0.05, 0) is 18.6 Å². The van der Waals surface area contributed by atoms with Crippen LogP contribution in [0.1, 0.15) is 27.2 Å². The Kier molecular flexibility index (Phi) is 3.46. The molecule has 7 atom stereocenters. The lowest BCUT2D eigenvalue weighted by molar-refractivity contribution is -0.167. The zero-order valence-corrected chi connectivity index (χ0v) is 13.5. The van der Waals surface area contributed by atoms with E-state index in [1.165, 1.54) is 19.9 Å². The van der Waals surface area contributed by atoms with Gasteiger partial charge in [0, 0.05) is 19.3 Å². The largest absolute Gasteiger partial charge is 0.462 e. The second-order valence-electron chi connectivity index (χ2n) is 7.10. The summed E-state index contributed by atoms with van der Waals surface area (Å²) >= 11 is 0. The van der Waals surface area contributed by atoms with Gasteiger partial charge in [-0.15, -0.1) is 0 Å². The molecule has 3 aliphatic rings. The minimum Gasteiger partial charge on any atom is -0.462 e. The van der Waals surface area contributed by atoms with Gasteiger partial charge in [-0.1, -0.05) is 19.6 Å². The zero-order valence-electron chi connectivity index (χ0n) is 13.5. The van der Waals surface area contributed by atoms with Crippen molar-refractivity contribution in [2.75, 3.05) is 0 Å². The van der Waals surface area contributed by atoms with Crippen LogP contribution in [0.3, 0.4) is 0 Å². The number of fused-ring (bicyclic) bond motifs is 3. The van der Waals surface area contributed by atoms with E-state index in [1.807, 2.05) is 0 Å². The van der Waals surface area contributed by atoms with Crippen LogP contribution < -0.4 is 0 Å². The number of carbonyl (C=O) groups excluding carboxylic acids is 2. The highest BCUT2D eigenvalue weighted by atomic mass is 16.6. The summed E-state index contributed by atoms with van der Waals surface area (Å²) in [5.74, 6) is -2.47. The van der Waals surface area contributed by atoms with E-state index in [2.05, 4.69) is 6.58 Å². The summed E-state index contributed by atoms with van der Waals surface area (Å²) in [4.78, 5) is 23.6. The van der Waals surface area contributed by atoms with Gasteiger partial charge in [0.15, 0.2) is 0 Å². The molecule has 2 aliphatic carbocycles. The van der Waals surface area contributed by atoms with Crippen LogP contribution in [-0.4, -0.2) is 45.6 Å². The lowest BCUT2D eigenvalue weighted by atomic mass is 9.73. The summed E-state index contributed by atoms with van der Waals surface area (Å²) in [5, 5.41) is 22.0. The predicted octanol–water partition coefficient (Wildman–Crippen LogP) is 0.724. The third-order valence-corrected chi connectivity index (χ3v) is 5.54. The van der Waals surface area contributed by atoms with E-state index < -0.39 is 47.1 Å². The van der Waals surface area contributed by atoms with E-state index >= 15 is 0 Å². The minimum atomic E-state index is -1.62. The van der Waals surface area contributed by atoms with E-state index in [-0.39, 0.29) is 12.4 Å². The maximum Gasteiger partial charge on any atom is 0.309 e. The summed E-state index contributed by atoms with van der Waals surface area (Å²) in [6, 6.07) is 0. The molecule has 126 valence electrons. The van der Waals surface area contributed by atoms with Crippen LogP contribution in [-0.2, 0) is 19.1 Å². The van der Waals surface area contributed by atoms with Crippen molar-refractivity contribution in [2.24, 2.45) is 17.8 Å². The quantitative estimate of drug-likeness (QED) is 0.691. The third-order valence-electron chi connectivity index (χ3n) is 5.54. The van der Waals surface area contributed by atoms with Crippen molar-refractivity contribution in [1.29, 1.82) is 0 Å². The first-order valence-corrected chi connectivity index (χ1v) is 7.79. The molecule has 7 unspecified atom stereocenters. The normalized spacial score (nSPS) is 48.5. The fourth-order valence-electron chi connectivity index (χ4n) is 4.31. The average Bonchev–Trinajstić information content (AvgIpc) is 2.85. The van der Waals surface area contributed by atoms with Gasteiger partial charge in [0.2, 0.25) is 0 Å². The molecular formula is C17H22O6. The highest BCUT2D eigenvalue weighted by Crippen LogP contribution is 2.54. The van der Waals surface area contributed by atoms with Crippen molar-refractivity contribution in [3.05, 3.63) is 24.3 Å². The molecule has 2 fully saturated rings. The van der Waals surface area contributed by atoms with Crippen LogP contribution in [0.25, 0.3) is 0 Å². The van der Waals surface area contributed by atoms with Gasteiger partial charge in [-0.2, -0.15) is 0 Å². The first-order valence-electron chi connectivity index (χ1n) is 7.79. The van der Waals surface area contributed by atoms with Crippen LogP contribution in [0, 0.1) is 17.8 Å². The third kappa shape index (κ3) is 2.16. The van der Waals surface area contributed by atoms with Crippen molar-refractivity contribution in [2.45, 2.75) is 50.6 Å². The standard InChI is InChI=1S/C17H22O6/c1-8-5-6-17(21)13(8)14-12(9(2)15(19)23-14)11(22-10(3)18)7-16(17,4)20/h5-6,9,11-14,20-21H,1,7H2,2-4H3. The topological polar surface area (TPSA) is 93.1 Å². The fraction of sp³-hybridized carbons (Fsp3) is 0.647. The Morgan fingerprint density at radius 3 is 2.74 bits per heavy atom. The van der Waals surface area contributed by atoms with E-state index in [0.29, 0.717) is 5.57 Å². The van der Waals surface area contributed by atoms with Crippen molar-refractivity contribution in [1.82, 2.24) is 0 Å². The number of esters is 2. The fourth-order valence-corrected chi connectivity index (χ4v) is 4.31. The van der Waals surface area contributed by atoms with Crippen molar-refractivity contribution < 1.29 is 29.3 Å². The molecule has 6 heteroatoms. The van der Waals surface area contributed by atoms with Crippen LogP contribution >= 0.6 is 0 Å². The first-order chi connectivity index (χ1) is 10.6. The van der Waals surface area contributed by atoms with Gasteiger partial charge >= 0.3 is 11.9 Å². The molecule has 0 spiro atoms. The molecule has 23 heavy (non-hydrogen) atoms. The summed E-state index contributed by atoms with van der Waals surface area (Å²) < 4.78 is 10.9. The molecule has 1 aliphatic heterocycles. The monoisotopic (exact) mass is 322 g/mol. The predicted molar refractivity (Wildman–Crippen MR) is 80.0 cm³/mol. The summed E-state index contributed by atoms with van der Waals surface area (Å²) in [7, 11) is 0. The molecule has 0 aromatic heterocycles. The van der Waals surface area contributed by atoms with Crippen molar-refractivity contribution in [3.8, 4) is 0 Å². The summed E-state index contributed by atoms with van der Waals surface area (Å²) in [6.07, 6.45) is 1.76. The lowest BCUT2D eigenvalue weighted by Crippen LogP contribution is -2.56. The molecule has 6 nitrogen and oxygen atoms in total. The van der Waals surface area contributed by atoms with Gasteiger partial charge in [0.1, 0.15) is 17.8 Å². The molecule has 0 radical (unpaired) electrons. The van der Waals surface area contributed by atoms with Crippen LogP contribution in [0.15, 0.2) is 24.3 Å². The second kappa shape index (κ2) is 4.92. The van der Waals surface area contributed by atoms with Gasteiger partial charge < -0.3 is 19.7 Å². The number of aliphatic hydroxyl groups is 2. The highest BCUT2D eigenvalue weighted by molar-refractivity contribution is 5.75. The Labute approximate surface area is 134 Å². The van der Waals surface area contributed by atoms with Crippen LogP contribution in [0.5, 0.6) is 0 Å². The van der Waals surface area contributed by atoms with E-state index in [9.17, 15) is 19.8 Å². The number of hydrogen-bond donors (Lipinski definition) is 2. The highest BCUT2D eigenvalue weighted by Gasteiger charge is 2.65. The summed E-state index contributed by atoms with van der Waals surface area (Å²) in [6.45, 7) is 8.44. The summed E-state index contributed by atoms with van der Waals surface area (Å²) in [5.41, 5.74) is -2.58. The SMILES string of the molecule is C=C1C=CC2(O)C1C1OC(=O)C(C)C1C(OC(C)=O)CC2(C)O. The van der Waals surface area contributed by atoms with Crippen LogP contribution in [0.4, 0.5) is 0 Å².